The lowest BCUT2D eigenvalue weighted by atomic mass is 10.0. The third-order valence-electron chi connectivity index (χ3n) is 3.62. The van der Waals surface area contributed by atoms with Gasteiger partial charge in [-0.3, -0.25) is 4.79 Å². The highest BCUT2D eigenvalue weighted by atomic mass is 35.5. The first-order chi connectivity index (χ1) is 9.45. The highest BCUT2D eigenvalue weighted by Gasteiger charge is 2.22. The minimum absolute atomic E-state index is 0.140. The molecule has 0 aliphatic carbocycles. The van der Waals surface area contributed by atoms with Crippen molar-refractivity contribution in [3.63, 3.8) is 0 Å². The first-order valence-corrected chi connectivity index (χ1v) is 7.59. The number of hydrogen-bond donors (Lipinski definition) is 1. The van der Waals surface area contributed by atoms with Crippen LogP contribution in [0, 0.1) is 0 Å². The first-order valence-electron chi connectivity index (χ1n) is 6.83. The number of hydrogen-bond acceptors (Lipinski definition) is 3. The number of aromatic nitrogens is 1. The fourth-order valence-electron chi connectivity index (χ4n) is 2.42. The summed E-state index contributed by atoms with van der Waals surface area (Å²) in [6.45, 7) is 6.42. The number of halogens is 2. The zero-order valence-corrected chi connectivity index (χ0v) is 13.2. The first kappa shape index (κ1) is 15.5. The molecule has 1 N–H and O–H groups in total. The Balaban J connectivity index is 1.92. The van der Waals surface area contributed by atoms with Crippen LogP contribution in [-0.2, 0) is 0 Å². The number of carbonyl (C=O) groups excluding carboxylic acids is 1. The van der Waals surface area contributed by atoms with E-state index in [1.54, 1.807) is 0 Å². The number of pyridine rings is 1. The zero-order chi connectivity index (χ0) is 14.7. The van der Waals surface area contributed by atoms with E-state index in [0.29, 0.717) is 11.6 Å². The molecule has 0 saturated carbocycles. The van der Waals surface area contributed by atoms with Crippen molar-refractivity contribution in [3.05, 3.63) is 28.0 Å². The minimum atomic E-state index is -0.140. The Kier molecular flexibility index (Phi) is 5.24. The minimum Gasteiger partial charge on any atom is -0.349 e. The molecular weight excluding hydrogens is 297 g/mol. The van der Waals surface area contributed by atoms with Crippen LogP contribution in [0.15, 0.2) is 12.1 Å². The summed E-state index contributed by atoms with van der Waals surface area (Å²) in [5.74, 6) is -0.140. The molecule has 1 aromatic heterocycles. The standard InChI is InChI=1S/C14H19Cl2N3O/c1-9(2)19-5-3-11(4-6-19)17-14(20)10-7-12(15)18-13(16)8-10/h7-9,11H,3-6H2,1-2H3,(H,17,20). The third-order valence-corrected chi connectivity index (χ3v) is 4.01. The average molecular weight is 316 g/mol. The summed E-state index contributed by atoms with van der Waals surface area (Å²) in [5.41, 5.74) is 0.460. The molecule has 6 heteroatoms. The van der Waals surface area contributed by atoms with Gasteiger partial charge in [-0.1, -0.05) is 23.2 Å². The molecule has 1 amide bonds. The van der Waals surface area contributed by atoms with Crippen LogP contribution >= 0.6 is 23.2 Å². The quantitative estimate of drug-likeness (QED) is 0.872. The smallest absolute Gasteiger partial charge is 0.251 e. The average Bonchev–Trinajstić information content (AvgIpc) is 2.38. The lowest BCUT2D eigenvalue weighted by Crippen LogP contribution is -2.46. The van der Waals surface area contributed by atoms with Gasteiger partial charge in [-0.15, -0.1) is 0 Å². The molecule has 2 heterocycles. The largest absolute Gasteiger partial charge is 0.349 e. The van der Waals surface area contributed by atoms with Crippen molar-refractivity contribution in [1.29, 1.82) is 0 Å². The van der Waals surface area contributed by atoms with Crippen LogP contribution in [0.25, 0.3) is 0 Å². The van der Waals surface area contributed by atoms with Crippen molar-refractivity contribution in [2.24, 2.45) is 0 Å². The Morgan fingerprint density at radius 3 is 2.35 bits per heavy atom. The number of amides is 1. The van der Waals surface area contributed by atoms with Crippen molar-refractivity contribution in [2.45, 2.75) is 38.8 Å². The molecule has 2 rings (SSSR count). The van der Waals surface area contributed by atoms with E-state index in [9.17, 15) is 4.79 Å². The topological polar surface area (TPSA) is 45.2 Å². The Bertz CT molecular complexity index is 465. The number of piperidine rings is 1. The highest BCUT2D eigenvalue weighted by molar-refractivity contribution is 6.33. The van der Waals surface area contributed by atoms with Gasteiger partial charge in [0.1, 0.15) is 10.3 Å². The Morgan fingerprint density at radius 2 is 1.85 bits per heavy atom. The second kappa shape index (κ2) is 6.74. The molecule has 0 atom stereocenters. The summed E-state index contributed by atoms with van der Waals surface area (Å²) in [6.07, 6.45) is 1.94. The Morgan fingerprint density at radius 1 is 1.30 bits per heavy atom. The SMILES string of the molecule is CC(C)N1CCC(NC(=O)c2cc(Cl)nc(Cl)c2)CC1. The molecule has 1 aromatic rings. The summed E-state index contributed by atoms with van der Waals surface area (Å²) in [5, 5.41) is 3.51. The van der Waals surface area contributed by atoms with Gasteiger partial charge in [0.15, 0.2) is 0 Å². The fourth-order valence-corrected chi connectivity index (χ4v) is 2.89. The van der Waals surface area contributed by atoms with E-state index < -0.39 is 0 Å². The molecule has 1 aliphatic rings. The maximum atomic E-state index is 12.2. The van der Waals surface area contributed by atoms with Gasteiger partial charge < -0.3 is 10.2 Å². The zero-order valence-electron chi connectivity index (χ0n) is 11.7. The molecule has 1 saturated heterocycles. The lowest BCUT2D eigenvalue weighted by molar-refractivity contribution is 0.0900. The summed E-state index contributed by atoms with van der Waals surface area (Å²) >= 11 is 11.6. The van der Waals surface area contributed by atoms with Crippen molar-refractivity contribution in [2.75, 3.05) is 13.1 Å². The number of likely N-dealkylation sites (tertiary alicyclic amines) is 1. The van der Waals surface area contributed by atoms with Crippen LogP contribution in [0.5, 0.6) is 0 Å². The predicted molar refractivity (Wildman–Crippen MR) is 81.5 cm³/mol. The molecule has 0 bridgehead atoms. The van der Waals surface area contributed by atoms with Crippen molar-refractivity contribution >= 4 is 29.1 Å². The van der Waals surface area contributed by atoms with Gasteiger partial charge in [0.25, 0.3) is 5.91 Å². The van der Waals surface area contributed by atoms with Gasteiger partial charge in [0.2, 0.25) is 0 Å². The van der Waals surface area contributed by atoms with E-state index in [2.05, 4.69) is 29.0 Å². The summed E-state index contributed by atoms with van der Waals surface area (Å²) in [4.78, 5) is 18.4. The molecule has 0 aromatic carbocycles. The van der Waals surface area contributed by atoms with Gasteiger partial charge in [-0.25, -0.2) is 4.98 Å². The molecule has 0 radical (unpaired) electrons. The maximum Gasteiger partial charge on any atom is 0.251 e. The molecular formula is C14H19Cl2N3O. The maximum absolute atomic E-state index is 12.2. The normalized spacial score (nSPS) is 17.4. The van der Waals surface area contributed by atoms with Crippen LogP contribution in [0.2, 0.25) is 10.3 Å². The van der Waals surface area contributed by atoms with Crippen molar-refractivity contribution in [3.8, 4) is 0 Å². The predicted octanol–water partition coefficient (Wildman–Crippen LogP) is 2.99. The van der Waals surface area contributed by atoms with E-state index in [0.717, 1.165) is 25.9 Å². The van der Waals surface area contributed by atoms with Crippen molar-refractivity contribution in [1.82, 2.24) is 15.2 Å². The van der Waals surface area contributed by atoms with Gasteiger partial charge in [-0.05, 0) is 38.8 Å². The van der Waals surface area contributed by atoms with Crippen LogP contribution < -0.4 is 5.32 Å². The van der Waals surface area contributed by atoms with Gasteiger partial charge in [-0.2, -0.15) is 0 Å². The van der Waals surface area contributed by atoms with Crippen LogP contribution in [0.4, 0.5) is 0 Å². The van der Waals surface area contributed by atoms with E-state index in [1.807, 2.05) is 0 Å². The van der Waals surface area contributed by atoms with Crippen molar-refractivity contribution < 1.29 is 4.79 Å². The molecule has 0 spiro atoms. The van der Waals surface area contributed by atoms with Crippen LogP contribution in [0.3, 0.4) is 0 Å². The Hall–Kier alpha value is -0.840. The molecule has 4 nitrogen and oxygen atoms in total. The highest BCUT2D eigenvalue weighted by Crippen LogP contribution is 2.17. The van der Waals surface area contributed by atoms with Gasteiger partial charge >= 0.3 is 0 Å². The number of carbonyl (C=O) groups is 1. The van der Waals surface area contributed by atoms with E-state index in [1.165, 1.54) is 12.1 Å². The monoisotopic (exact) mass is 315 g/mol. The van der Waals surface area contributed by atoms with E-state index in [-0.39, 0.29) is 22.3 Å². The number of nitrogens with one attached hydrogen (secondary N) is 1. The van der Waals surface area contributed by atoms with E-state index in [4.69, 9.17) is 23.2 Å². The molecule has 1 fully saturated rings. The van der Waals surface area contributed by atoms with E-state index >= 15 is 0 Å². The fraction of sp³-hybridized carbons (Fsp3) is 0.571. The third kappa shape index (κ3) is 4.08. The molecule has 110 valence electrons. The summed E-state index contributed by atoms with van der Waals surface area (Å²) in [7, 11) is 0. The Labute approximate surface area is 129 Å². The molecule has 0 unspecified atom stereocenters. The van der Waals surface area contributed by atoms with Gasteiger partial charge in [0.05, 0.1) is 0 Å². The number of rotatable bonds is 3. The van der Waals surface area contributed by atoms with Crippen LogP contribution in [-0.4, -0.2) is 41.0 Å². The van der Waals surface area contributed by atoms with Crippen LogP contribution in [0.1, 0.15) is 37.0 Å². The summed E-state index contributed by atoms with van der Waals surface area (Å²) in [6, 6.07) is 3.84. The second-order valence-corrected chi connectivity index (χ2v) is 6.15. The molecule has 20 heavy (non-hydrogen) atoms. The number of nitrogens with zero attached hydrogens (tertiary/aromatic N) is 2. The second-order valence-electron chi connectivity index (χ2n) is 5.38. The summed E-state index contributed by atoms with van der Waals surface area (Å²) < 4.78 is 0. The lowest BCUT2D eigenvalue weighted by Gasteiger charge is -2.34. The molecule has 1 aliphatic heterocycles. The van der Waals surface area contributed by atoms with Gasteiger partial charge in [0, 0.05) is 30.7 Å².